The standard InChI is InChI=1S/C17H26N2O/c1-19(2)11-5-10-18-17(20)13-14-8-9-15-6-3-4-7-16(15)12-14/h8-9,12H,3-7,10-11,13H2,1-2H3,(H,18,20). The Morgan fingerprint density at radius 2 is 1.95 bits per heavy atom. The van der Waals surface area contributed by atoms with Crippen LogP contribution in [0.5, 0.6) is 0 Å². The van der Waals surface area contributed by atoms with Crippen molar-refractivity contribution in [1.29, 1.82) is 0 Å². The van der Waals surface area contributed by atoms with Crippen molar-refractivity contribution < 1.29 is 4.79 Å². The van der Waals surface area contributed by atoms with Gasteiger partial charge in [0.05, 0.1) is 6.42 Å². The van der Waals surface area contributed by atoms with Gasteiger partial charge in [-0.1, -0.05) is 18.2 Å². The molecule has 0 unspecified atom stereocenters. The van der Waals surface area contributed by atoms with E-state index in [2.05, 4.69) is 42.5 Å². The summed E-state index contributed by atoms with van der Waals surface area (Å²) in [6.07, 6.45) is 6.48. The van der Waals surface area contributed by atoms with Gasteiger partial charge in [0.1, 0.15) is 0 Å². The molecule has 2 rings (SSSR count). The Hall–Kier alpha value is -1.35. The number of amides is 1. The molecule has 1 aliphatic carbocycles. The highest BCUT2D eigenvalue weighted by molar-refractivity contribution is 5.78. The van der Waals surface area contributed by atoms with Gasteiger partial charge in [0, 0.05) is 6.54 Å². The molecule has 0 spiro atoms. The van der Waals surface area contributed by atoms with Crippen LogP contribution in [0.1, 0.15) is 36.0 Å². The van der Waals surface area contributed by atoms with Crippen LogP contribution >= 0.6 is 0 Å². The van der Waals surface area contributed by atoms with Crippen LogP contribution < -0.4 is 5.32 Å². The predicted octanol–water partition coefficient (Wildman–Crippen LogP) is 2.18. The van der Waals surface area contributed by atoms with Crippen molar-refractivity contribution in [2.45, 2.75) is 38.5 Å². The fourth-order valence-corrected chi connectivity index (χ4v) is 2.77. The molecule has 1 aromatic carbocycles. The second-order valence-electron chi connectivity index (χ2n) is 5.99. The number of rotatable bonds is 6. The number of hydrogen-bond donors (Lipinski definition) is 1. The molecule has 0 saturated carbocycles. The van der Waals surface area contributed by atoms with Gasteiger partial charge in [-0.25, -0.2) is 0 Å². The van der Waals surface area contributed by atoms with Gasteiger partial charge in [-0.15, -0.1) is 0 Å². The van der Waals surface area contributed by atoms with E-state index in [1.807, 2.05) is 0 Å². The average Bonchev–Trinajstić information content (AvgIpc) is 2.43. The lowest BCUT2D eigenvalue weighted by Gasteiger charge is -2.16. The molecular weight excluding hydrogens is 248 g/mol. The SMILES string of the molecule is CN(C)CCCNC(=O)Cc1ccc2c(c1)CCCC2. The third kappa shape index (κ3) is 4.64. The minimum Gasteiger partial charge on any atom is -0.356 e. The van der Waals surface area contributed by atoms with E-state index in [0.29, 0.717) is 6.42 Å². The zero-order valence-electron chi connectivity index (χ0n) is 12.7. The van der Waals surface area contributed by atoms with E-state index in [4.69, 9.17) is 0 Å². The first-order valence-corrected chi connectivity index (χ1v) is 7.67. The summed E-state index contributed by atoms with van der Waals surface area (Å²) in [5.41, 5.74) is 4.08. The molecule has 1 aromatic rings. The lowest BCUT2D eigenvalue weighted by Crippen LogP contribution is -2.28. The Labute approximate surface area is 122 Å². The fraction of sp³-hybridized carbons (Fsp3) is 0.588. The van der Waals surface area contributed by atoms with Crippen LogP contribution in [0.2, 0.25) is 0 Å². The minimum absolute atomic E-state index is 0.138. The molecule has 3 nitrogen and oxygen atoms in total. The van der Waals surface area contributed by atoms with Gasteiger partial charge in [-0.05, 0) is 69.4 Å². The van der Waals surface area contributed by atoms with E-state index in [0.717, 1.165) is 25.1 Å². The first-order valence-electron chi connectivity index (χ1n) is 7.67. The maximum atomic E-state index is 11.9. The highest BCUT2D eigenvalue weighted by atomic mass is 16.1. The Kier molecular flexibility index (Phi) is 5.60. The highest BCUT2D eigenvalue weighted by Gasteiger charge is 2.10. The number of carbonyl (C=O) groups excluding carboxylic acids is 1. The molecule has 3 heteroatoms. The normalized spacial score (nSPS) is 14.2. The molecule has 110 valence electrons. The van der Waals surface area contributed by atoms with E-state index < -0.39 is 0 Å². The molecule has 1 amide bonds. The topological polar surface area (TPSA) is 32.3 Å². The van der Waals surface area contributed by atoms with Crippen molar-refractivity contribution in [2.24, 2.45) is 0 Å². The number of benzene rings is 1. The van der Waals surface area contributed by atoms with Crippen molar-refractivity contribution in [2.75, 3.05) is 27.2 Å². The lowest BCUT2D eigenvalue weighted by molar-refractivity contribution is -0.120. The Balaban J connectivity index is 1.79. The van der Waals surface area contributed by atoms with Crippen LogP contribution in [-0.4, -0.2) is 38.0 Å². The number of nitrogens with one attached hydrogen (secondary N) is 1. The van der Waals surface area contributed by atoms with E-state index in [1.165, 1.54) is 36.8 Å². The summed E-state index contributed by atoms with van der Waals surface area (Å²) >= 11 is 0. The van der Waals surface area contributed by atoms with E-state index in [9.17, 15) is 4.79 Å². The van der Waals surface area contributed by atoms with Crippen LogP contribution in [0.15, 0.2) is 18.2 Å². The van der Waals surface area contributed by atoms with E-state index >= 15 is 0 Å². The van der Waals surface area contributed by atoms with Gasteiger partial charge in [0.2, 0.25) is 5.91 Å². The second kappa shape index (κ2) is 7.44. The van der Waals surface area contributed by atoms with Crippen LogP contribution in [-0.2, 0) is 24.1 Å². The van der Waals surface area contributed by atoms with Crippen LogP contribution in [0.4, 0.5) is 0 Å². The van der Waals surface area contributed by atoms with Crippen molar-refractivity contribution in [3.63, 3.8) is 0 Å². The third-order valence-corrected chi connectivity index (χ3v) is 3.88. The Morgan fingerprint density at radius 1 is 1.20 bits per heavy atom. The summed E-state index contributed by atoms with van der Waals surface area (Å²) in [5, 5.41) is 3.00. The molecule has 0 aliphatic heterocycles. The number of hydrogen-bond acceptors (Lipinski definition) is 2. The summed E-state index contributed by atoms with van der Waals surface area (Å²) in [6, 6.07) is 6.56. The summed E-state index contributed by atoms with van der Waals surface area (Å²) < 4.78 is 0. The molecular formula is C17H26N2O. The quantitative estimate of drug-likeness (QED) is 0.806. The van der Waals surface area contributed by atoms with Crippen molar-refractivity contribution in [3.8, 4) is 0 Å². The van der Waals surface area contributed by atoms with E-state index in [1.54, 1.807) is 0 Å². The van der Waals surface area contributed by atoms with Gasteiger partial charge in [-0.3, -0.25) is 4.79 Å². The molecule has 0 atom stereocenters. The van der Waals surface area contributed by atoms with Gasteiger partial charge in [-0.2, -0.15) is 0 Å². The van der Waals surface area contributed by atoms with Crippen molar-refractivity contribution in [3.05, 3.63) is 34.9 Å². The van der Waals surface area contributed by atoms with Crippen LogP contribution in [0.3, 0.4) is 0 Å². The minimum atomic E-state index is 0.138. The molecule has 0 bridgehead atoms. The Morgan fingerprint density at radius 3 is 2.70 bits per heavy atom. The average molecular weight is 274 g/mol. The van der Waals surface area contributed by atoms with Crippen molar-refractivity contribution in [1.82, 2.24) is 10.2 Å². The first-order chi connectivity index (χ1) is 9.65. The smallest absolute Gasteiger partial charge is 0.224 e. The van der Waals surface area contributed by atoms with E-state index in [-0.39, 0.29) is 5.91 Å². The van der Waals surface area contributed by atoms with Crippen molar-refractivity contribution >= 4 is 5.91 Å². The fourth-order valence-electron chi connectivity index (χ4n) is 2.77. The number of aryl methyl sites for hydroxylation is 2. The summed E-state index contributed by atoms with van der Waals surface area (Å²) in [7, 11) is 4.10. The maximum Gasteiger partial charge on any atom is 0.224 e. The number of nitrogens with zero attached hydrogens (tertiary/aromatic N) is 1. The first kappa shape index (κ1) is 15.0. The molecule has 0 aromatic heterocycles. The molecule has 0 radical (unpaired) electrons. The molecule has 0 heterocycles. The predicted molar refractivity (Wildman–Crippen MR) is 83.0 cm³/mol. The monoisotopic (exact) mass is 274 g/mol. The number of carbonyl (C=O) groups is 1. The summed E-state index contributed by atoms with van der Waals surface area (Å²) in [6.45, 7) is 1.78. The third-order valence-electron chi connectivity index (χ3n) is 3.88. The summed E-state index contributed by atoms with van der Waals surface area (Å²) in [4.78, 5) is 14.0. The zero-order chi connectivity index (χ0) is 14.4. The van der Waals surface area contributed by atoms with Gasteiger partial charge >= 0.3 is 0 Å². The number of fused-ring (bicyclic) bond motifs is 1. The molecule has 1 aliphatic rings. The second-order valence-corrected chi connectivity index (χ2v) is 5.99. The molecule has 20 heavy (non-hydrogen) atoms. The highest BCUT2D eigenvalue weighted by Crippen LogP contribution is 2.22. The molecule has 0 saturated heterocycles. The van der Waals surface area contributed by atoms with Gasteiger partial charge in [0.15, 0.2) is 0 Å². The van der Waals surface area contributed by atoms with Gasteiger partial charge in [0.25, 0.3) is 0 Å². The van der Waals surface area contributed by atoms with Gasteiger partial charge < -0.3 is 10.2 Å². The van der Waals surface area contributed by atoms with Crippen LogP contribution in [0, 0.1) is 0 Å². The maximum absolute atomic E-state index is 11.9. The lowest BCUT2D eigenvalue weighted by atomic mass is 9.90. The van der Waals surface area contributed by atoms with Crippen LogP contribution in [0.25, 0.3) is 0 Å². The molecule has 0 fully saturated rings. The Bertz CT molecular complexity index is 454. The molecule has 1 N–H and O–H groups in total. The summed E-state index contributed by atoms with van der Waals surface area (Å²) in [5.74, 6) is 0.138. The zero-order valence-corrected chi connectivity index (χ0v) is 12.7. The largest absolute Gasteiger partial charge is 0.356 e.